The fourth-order valence-electron chi connectivity index (χ4n) is 3.95. The molecule has 6 heteroatoms. The number of hydrogen-bond acceptors (Lipinski definition) is 4. The Labute approximate surface area is 152 Å². The summed E-state index contributed by atoms with van der Waals surface area (Å²) in [7, 11) is 1.66. The average molecular weight is 354 g/mol. The summed E-state index contributed by atoms with van der Waals surface area (Å²) >= 11 is 0. The first kappa shape index (κ1) is 20.0. The first-order valence-electron chi connectivity index (χ1n) is 9.55. The smallest absolute Gasteiger partial charge is 0.410 e. The minimum atomic E-state index is -0.571. The first-order chi connectivity index (χ1) is 11.6. The van der Waals surface area contributed by atoms with Gasteiger partial charge in [-0.3, -0.25) is 9.69 Å². The highest BCUT2D eigenvalue weighted by Crippen LogP contribution is 2.34. The molecular formula is C19H35N3O3. The van der Waals surface area contributed by atoms with Gasteiger partial charge in [0.05, 0.1) is 0 Å². The quantitative estimate of drug-likeness (QED) is 0.796. The van der Waals surface area contributed by atoms with Gasteiger partial charge in [-0.25, -0.2) is 4.79 Å². The number of amides is 2. The maximum Gasteiger partial charge on any atom is 0.410 e. The highest BCUT2D eigenvalue weighted by atomic mass is 16.6. The number of carbonyl (C=O) groups is 2. The Bertz CT molecular complexity index is 487. The van der Waals surface area contributed by atoms with E-state index < -0.39 is 17.7 Å². The minimum absolute atomic E-state index is 0.0559. The van der Waals surface area contributed by atoms with Crippen LogP contribution in [0.2, 0.25) is 0 Å². The maximum atomic E-state index is 13.0. The molecule has 0 radical (unpaired) electrons. The van der Waals surface area contributed by atoms with E-state index in [-0.39, 0.29) is 11.9 Å². The summed E-state index contributed by atoms with van der Waals surface area (Å²) in [6, 6.07) is -0.280. The third-order valence-electron chi connectivity index (χ3n) is 5.23. The van der Waals surface area contributed by atoms with Gasteiger partial charge in [0.2, 0.25) is 5.91 Å². The van der Waals surface area contributed by atoms with Crippen molar-refractivity contribution in [1.82, 2.24) is 15.5 Å². The van der Waals surface area contributed by atoms with E-state index in [4.69, 9.17) is 4.74 Å². The molecule has 6 nitrogen and oxygen atoms in total. The highest BCUT2D eigenvalue weighted by Gasteiger charge is 2.41. The van der Waals surface area contributed by atoms with E-state index in [0.29, 0.717) is 24.2 Å². The van der Waals surface area contributed by atoms with Crippen LogP contribution >= 0.6 is 0 Å². The maximum absolute atomic E-state index is 13.0. The molecule has 2 rings (SSSR count). The molecule has 2 aliphatic rings. The van der Waals surface area contributed by atoms with Gasteiger partial charge in [-0.05, 0) is 64.3 Å². The van der Waals surface area contributed by atoms with Gasteiger partial charge in [-0.2, -0.15) is 0 Å². The molecule has 25 heavy (non-hydrogen) atoms. The second-order valence-corrected chi connectivity index (χ2v) is 9.01. The molecule has 2 unspecified atom stereocenters. The van der Waals surface area contributed by atoms with Gasteiger partial charge in [-0.1, -0.05) is 13.8 Å². The fraction of sp³-hybridized carbons (Fsp3) is 0.895. The van der Waals surface area contributed by atoms with E-state index >= 15 is 0 Å². The van der Waals surface area contributed by atoms with E-state index in [1.807, 2.05) is 20.8 Å². The van der Waals surface area contributed by atoms with Crippen LogP contribution in [0.1, 0.15) is 53.9 Å². The summed E-state index contributed by atoms with van der Waals surface area (Å²) in [5, 5.41) is 6.65. The zero-order valence-corrected chi connectivity index (χ0v) is 16.6. The molecule has 1 saturated heterocycles. The van der Waals surface area contributed by atoms with E-state index in [1.165, 1.54) is 11.3 Å². The number of carbonyl (C=O) groups excluding carboxylic acids is 2. The summed E-state index contributed by atoms with van der Waals surface area (Å²) < 4.78 is 5.45. The van der Waals surface area contributed by atoms with Crippen molar-refractivity contribution in [3.05, 3.63) is 0 Å². The van der Waals surface area contributed by atoms with Gasteiger partial charge in [0.25, 0.3) is 0 Å². The predicted octanol–water partition coefficient (Wildman–Crippen LogP) is 2.38. The second-order valence-electron chi connectivity index (χ2n) is 9.01. The van der Waals surface area contributed by atoms with E-state index in [9.17, 15) is 9.59 Å². The molecule has 0 aromatic carbocycles. The van der Waals surface area contributed by atoms with Crippen molar-refractivity contribution in [2.24, 2.45) is 17.8 Å². The van der Waals surface area contributed by atoms with Crippen molar-refractivity contribution in [3.8, 4) is 0 Å². The van der Waals surface area contributed by atoms with Crippen LogP contribution in [0.15, 0.2) is 0 Å². The molecule has 2 fully saturated rings. The second kappa shape index (κ2) is 7.94. The first-order valence-corrected chi connectivity index (χ1v) is 9.55. The van der Waals surface area contributed by atoms with Crippen molar-refractivity contribution in [2.75, 3.05) is 20.1 Å². The summed E-state index contributed by atoms with van der Waals surface area (Å²) in [5.41, 5.74) is -0.571. The van der Waals surface area contributed by atoms with Crippen molar-refractivity contribution < 1.29 is 14.3 Å². The molecule has 1 aliphatic heterocycles. The monoisotopic (exact) mass is 353 g/mol. The Balaban J connectivity index is 2.02. The van der Waals surface area contributed by atoms with Crippen molar-refractivity contribution in [3.63, 3.8) is 0 Å². The molecule has 144 valence electrons. The Hall–Kier alpha value is -1.30. The lowest BCUT2D eigenvalue weighted by atomic mass is 9.96. The largest absolute Gasteiger partial charge is 0.444 e. The summed E-state index contributed by atoms with van der Waals surface area (Å²) in [5.74, 6) is 1.46. The fourth-order valence-corrected chi connectivity index (χ4v) is 3.95. The number of ether oxygens (including phenoxy) is 1. The number of hydrogen-bond donors (Lipinski definition) is 2. The topological polar surface area (TPSA) is 70.7 Å². The van der Waals surface area contributed by atoms with Crippen molar-refractivity contribution in [1.29, 1.82) is 0 Å². The van der Waals surface area contributed by atoms with Crippen LogP contribution < -0.4 is 10.6 Å². The van der Waals surface area contributed by atoms with Crippen LogP contribution in [0.4, 0.5) is 4.79 Å². The lowest BCUT2D eigenvalue weighted by Gasteiger charge is -2.32. The van der Waals surface area contributed by atoms with E-state index in [2.05, 4.69) is 24.5 Å². The van der Waals surface area contributed by atoms with Crippen molar-refractivity contribution >= 4 is 12.0 Å². The highest BCUT2D eigenvalue weighted by molar-refractivity contribution is 5.86. The Morgan fingerprint density at radius 3 is 2.52 bits per heavy atom. The van der Waals surface area contributed by atoms with Gasteiger partial charge < -0.3 is 15.4 Å². The third-order valence-corrected chi connectivity index (χ3v) is 5.23. The lowest BCUT2D eigenvalue weighted by Crippen LogP contribution is -2.52. The van der Waals surface area contributed by atoms with Crippen LogP contribution in [0, 0.1) is 17.8 Å². The molecule has 1 aliphatic carbocycles. The zero-order valence-electron chi connectivity index (χ0n) is 16.6. The van der Waals surface area contributed by atoms with Crippen LogP contribution in [0.5, 0.6) is 0 Å². The molecular weight excluding hydrogens is 318 g/mol. The van der Waals surface area contributed by atoms with Gasteiger partial charge in [0.15, 0.2) is 0 Å². The van der Waals surface area contributed by atoms with Crippen LogP contribution in [0.3, 0.4) is 0 Å². The number of likely N-dealkylation sites (N-methyl/N-ethyl adjacent to an activating group) is 1. The summed E-state index contributed by atoms with van der Waals surface area (Å²) in [6.07, 6.45) is 2.38. The molecule has 0 spiro atoms. The van der Waals surface area contributed by atoms with E-state index in [0.717, 1.165) is 19.5 Å². The molecule has 0 aromatic rings. The number of nitrogens with zero attached hydrogens (tertiary/aromatic N) is 1. The Kier molecular flexibility index (Phi) is 6.35. The summed E-state index contributed by atoms with van der Waals surface area (Å²) in [6.45, 7) is 11.7. The van der Waals surface area contributed by atoms with E-state index in [1.54, 1.807) is 7.05 Å². The van der Waals surface area contributed by atoms with Crippen LogP contribution in [-0.4, -0.2) is 54.7 Å². The van der Waals surface area contributed by atoms with Gasteiger partial charge in [0, 0.05) is 19.6 Å². The predicted molar refractivity (Wildman–Crippen MR) is 98.3 cm³/mol. The van der Waals surface area contributed by atoms with Gasteiger partial charge in [0.1, 0.15) is 11.6 Å². The molecule has 2 amide bonds. The SMILES string of the molecule is CC(C)C[C@@H](C(=O)NC1CC[C@H]2CNCC12)N(C)C(=O)OC(C)(C)C. The van der Waals surface area contributed by atoms with Crippen LogP contribution in [-0.2, 0) is 9.53 Å². The molecule has 4 atom stereocenters. The normalized spacial score (nSPS) is 27.1. The van der Waals surface area contributed by atoms with Gasteiger partial charge >= 0.3 is 6.09 Å². The molecule has 0 bridgehead atoms. The van der Waals surface area contributed by atoms with Crippen molar-refractivity contribution in [2.45, 2.75) is 71.6 Å². The summed E-state index contributed by atoms with van der Waals surface area (Å²) in [4.78, 5) is 26.8. The Morgan fingerprint density at radius 1 is 1.24 bits per heavy atom. The molecule has 1 heterocycles. The third kappa shape index (κ3) is 5.33. The van der Waals surface area contributed by atoms with Crippen LogP contribution in [0.25, 0.3) is 0 Å². The number of nitrogens with one attached hydrogen (secondary N) is 2. The van der Waals surface area contributed by atoms with Gasteiger partial charge in [-0.15, -0.1) is 0 Å². The zero-order chi connectivity index (χ0) is 18.8. The number of fused-ring (bicyclic) bond motifs is 1. The lowest BCUT2D eigenvalue weighted by molar-refractivity contribution is -0.127. The standard InChI is InChI=1S/C19H35N3O3/c1-12(2)9-16(22(6)18(24)25-19(3,4)5)17(23)21-15-8-7-13-10-20-11-14(13)15/h12-16,20H,7-11H2,1-6H3,(H,21,23)/t13-,14?,15?,16-/m0/s1. The molecule has 2 N–H and O–H groups in total. The average Bonchev–Trinajstić information content (AvgIpc) is 3.07. The molecule has 1 saturated carbocycles. The minimum Gasteiger partial charge on any atom is -0.444 e. The Morgan fingerprint density at radius 2 is 1.92 bits per heavy atom. The number of rotatable bonds is 5. The molecule has 0 aromatic heterocycles.